The summed E-state index contributed by atoms with van der Waals surface area (Å²) < 4.78 is 1.30. The SMILES string of the molecule is CCCCCCc1c(C)nn(C(N)=O)c1C. The Balaban J connectivity index is 2.69. The van der Waals surface area contributed by atoms with E-state index in [2.05, 4.69) is 12.0 Å². The van der Waals surface area contributed by atoms with Crippen LogP contribution in [0.25, 0.3) is 0 Å². The fourth-order valence-electron chi connectivity index (χ4n) is 1.98. The molecule has 0 atom stereocenters. The van der Waals surface area contributed by atoms with Gasteiger partial charge >= 0.3 is 6.03 Å². The molecule has 1 aromatic rings. The molecule has 4 nitrogen and oxygen atoms in total. The molecule has 1 aromatic heterocycles. The first kappa shape index (κ1) is 12.7. The molecule has 4 heteroatoms. The van der Waals surface area contributed by atoms with E-state index in [1.165, 1.54) is 29.5 Å². The number of rotatable bonds is 5. The Morgan fingerprint density at radius 3 is 2.50 bits per heavy atom. The predicted octanol–water partition coefficient (Wildman–Crippen LogP) is 2.55. The molecule has 0 aliphatic heterocycles. The van der Waals surface area contributed by atoms with E-state index < -0.39 is 6.03 Å². The zero-order chi connectivity index (χ0) is 12.1. The molecule has 16 heavy (non-hydrogen) atoms. The van der Waals surface area contributed by atoms with Gasteiger partial charge in [-0.25, -0.2) is 4.79 Å². The van der Waals surface area contributed by atoms with Gasteiger partial charge in [0.25, 0.3) is 0 Å². The summed E-state index contributed by atoms with van der Waals surface area (Å²) in [5.74, 6) is 0. The predicted molar refractivity (Wildman–Crippen MR) is 64.5 cm³/mol. The number of nitrogens with zero attached hydrogens (tertiary/aromatic N) is 2. The third-order valence-corrected chi connectivity index (χ3v) is 2.93. The van der Waals surface area contributed by atoms with Crippen LogP contribution in [0.4, 0.5) is 4.79 Å². The Bertz CT molecular complexity index is 369. The Morgan fingerprint density at radius 2 is 2.00 bits per heavy atom. The summed E-state index contributed by atoms with van der Waals surface area (Å²) in [7, 11) is 0. The van der Waals surface area contributed by atoms with Gasteiger partial charge in [-0.05, 0) is 32.3 Å². The molecule has 2 N–H and O–H groups in total. The summed E-state index contributed by atoms with van der Waals surface area (Å²) >= 11 is 0. The lowest BCUT2D eigenvalue weighted by atomic mass is 10.0. The van der Waals surface area contributed by atoms with Gasteiger partial charge in [0.05, 0.1) is 5.69 Å². The van der Waals surface area contributed by atoms with Crippen LogP contribution in [0.1, 0.15) is 49.6 Å². The molecule has 0 fully saturated rings. The summed E-state index contributed by atoms with van der Waals surface area (Å²) in [5.41, 5.74) is 8.22. The van der Waals surface area contributed by atoms with Crippen molar-refractivity contribution in [2.24, 2.45) is 5.73 Å². The molecule has 0 radical (unpaired) electrons. The van der Waals surface area contributed by atoms with Crippen LogP contribution in [0, 0.1) is 13.8 Å². The highest BCUT2D eigenvalue weighted by molar-refractivity contribution is 5.74. The zero-order valence-electron chi connectivity index (χ0n) is 10.4. The number of unbranched alkanes of at least 4 members (excludes halogenated alkanes) is 3. The molecule has 0 aliphatic carbocycles. The van der Waals surface area contributed by atoms with Crippen LogP contribution < -0.4 is 5.73 Å². The van der Waals surface area contributed by atoms with Crippen molar-refractivity contribution in [2.75, 3.05) is 0 Å². The minimum atomic E-state index is -0.500. The molecule has 0 bridgehead atoms. The van der Waals surface area contributed by atoms with Crippen molar-refractivity contribution in [1.82, 2.24) is 9.78 Å². The third-order valence-electron chi connectivity index (χ3n) is 2.93. The summed E-state index contributed by atoms with van der Waals surface area (Å²) in [6.07, 6.45) is 5.88. The monoisotopic (exact) mass is 223 g/mol. The Morgan fingerprint density at radius 1 is 1.31 bits per heavy atom. The van der Waals surface area contributed by atoms with Gasteiger partial charge in [-0.1, -0.05) is 26.2 Å². The van der Waals surface area contributed by atoms with E-state index in [9.17, 15) is 4.79 Å². The normalized spacial score (nSPS) is 10.7. The standard InChI is InChI=1S/C12H21N3O/c1-4-5-6-7-8-11-9(2)14-15(10(11)3)12(13)16/h4-8H2,1-3H3,(H2,13,16). The Kier molecular flexibility index (Phi) is 4.52. The van der Waals surface area contributed by atoms with Gasteiger partial charge in [-0.15, -0.1) is 0 Å². The van der Waals surface area contributed by atoms with Crippen LogP contribution in [0.2, 0.25) is 0 Å². The number of primary amides is 1. The molecule has 0 spiro atoms. The number of amides is 1. The van der Waals surface area contributed by atoms with Crippen molar-refractivity contribution in [2.45, 2.75) is 52.9 Å². The highest BCUT2D eigenvalue weighted by atomic mass is 16.2. The fraction of sp³-hybridized carbons (Fsp3) is 0.667. The number of aromatic nitrogens is 2. The zero-order valence-corrected chi connectivity index (χ0v) is 10.4. The molecular weight excluding hydrogens is 202 g/mol. The summed E-state index contributed by atoms with van der Waals surface area (Å²) in [6.45, 7) is 6.03. The van der Waals surface area contributed by atoms with Crippen molar-refractivity contribution < 1.29 is 4.79 Å². The van der Waals surface area contributed by atoms with Crippen molar-refractivity contribution in [1.29, 1.82) is 0 Å². The maximum atomic E-state index is 11.1. The topological polar surface area (TPSA) is 60.9 Å². The second-order valence-electron chi connectivity index (χ2n) is 4.21. The average Bonchev–Trinajstić information content (AvgIpc) is 2.51. The minimum absolute atomic E-state index is 0.500. The lowest BCUT2D eigenvalue weighted by Crippen LogP contribution is -2.22. The maximum absolute atomic E-state index is 11.1. The number of nitrogens with two attached hydrogens (primary N) is 1. The van der Waals surface area contributed by atoms with E-state index in [-0.39, 0.29) is 0 Å². The van der Waals surface area contributed by atoms with Crippen molar-refractivity contribution in [3.63, 3.8) is 0 Å². The maximum Gasteiger partial charge on any atom is 0.339 e. The van der Waals surface area contributed by atoms with Gasteiger partial charge < -0.3 is 5.73 Å². The van der Waals surface area contributed by atoms with Crippen molar-refractivity contribution >= 4 is 6.03 Å². The largest absolute Gasteiger partial charge is 0.350 e. The molecule has 1 heterocycles. The molecule has 1 rings (SSSR count). The van der Waals surface area contributed by atoms with Crippen molar-refractivity contribution in [3.8, 4) is 0 Å². The first-order valence-corrected chi connectivity index (χ1v) is 5.92. The molecule has 0 saturated carbocycles. The van der Waals surface area contributed by atoms with Gasteiger partial charge in [0.15, 0.2) is 0 Å². The van der Waals surface area contributed by atoms with Gasteiger partial charge in [0, 0.05) is 5.69 Å². The lowest BCUT2D eigenvalue weighted by Gasteiger charge is -2.02. The highest BCUT2D eigenvalue weighted by Crippen LogP contribution is 2.16. The van der Waals surface area contributed by atoms with Gasteiger partial charge in [0.2, 0.25) is 0 Å². The van der Waals surface area contributed by atoms with Crippen LogP contribution in [0.5, 0.6) is 0 Å². The first-order chi connectivity index (χ1) is 7.57. The molecule has 1 amide bonds. The smallest absolute Gasteiger partial charge is 0.339 e. The summed E-state index contributed by atoms with van der Waals surface area (Å²) in [6, 6.07) is -0.500. The number of hydrogen-bond acceptors (Lipinski definition) is 2. The fourth-order valence-corrected chi connectivity index (χ4v) is 1.98. The number of carbonyl (C=O) groups excluding carboxylic acids is 1. The second kappa shape index (κ2) is 5.68. The van der Waals surface area contributed by atoms with Crippen LogP contribution in [-0.4, -0.2) is 15.8 Å². The molecule has 0 aromatic carbocycles. The summed E-state index contributed by atoms with van der Waals surface area (Å²) in [4.78, 5) is 11.1. The van der Waals surface area contributed by atoms with E-state index >= 15 is 0 Å². The van der Waals surface area contributed by atoms with Crippen LogP contribution in [-0.2, 0) is 6.42 Å². The Labute approximate surface area is 96.8 Å². The van der Waals surface area contributed by atoms with E-state index in [1.54, 1.807) is 0 Å². The van der Waals surface area contributed by atoms with E-state index in [1.807, 2.05) is 13.8 Å². The molecule has 90 valence electrons. The van der Waals surface area contributed by atoms with Crippen LogP contribution in [0.15, 0.2) is 0 Å². The first-order valence-electron chi connectivity index (χ1n) is 5.92. The minimum Gasteiger partial charge on any atom is -0.350 e. The number of carbonyl (C=O) groups is 1. The van der Waals surface area contributed by atoms with Crippen LogP contribution >= 0.6 is 0 Å². The molecule has 0 saturated heterocycles. The lowest BCUT2D eigenvalue weighted by molar-refractivity contribution is 0.247. The molecular formula is C12H21N3O. The number of aryl methyl sites for hydroxylation is 1. The summed E-state index contributed by atoms with van der Waals surface area (Å²) in [5, 5.41) is 4.15. The number of hydrogen-bond donors (Lipinski definition) is 1. The van der Waals surface area contributed by atoms with Crippen LogP contribution in [0.3, 0.4) is 0 Å². The highest BCUT2D eigenvalue weighted by Gasteiger charge is 2.13. The molecule has 0 unspecified atom stereocenters. The molecule has 0 aliphatic rings. The third kappa shape index (κ3) is 2.84. The van der Waals surface area contributed by atoms with E-state index in [0.29, 0.717) is 0 Å². The van der Waals surface area contributed by atoms with Crippen molar-refractivity contribution in [3.05, 3.63) is 17.0 Å². The second-order valence-corrected chi connectivity index (χ2v) is 4.21. The van der Waals surface area contributed by atoms with Gasteiger partial charge in [-0.3, -0.25) is 0 Å². The average molecular weight is 223 g/mol. The van der Waals surface area contributed by atoms with Gasteiger partial charge in [0.1, 0.15) is 0 Å². The quantitative estimate of drug-likeness (QED) is 0.780. The van der Waals surface area contributed by atoms with Gasteiger partial charge in [-0.2, -0.15) is 9.78 Å². The Hall–Kier alpha value is -1.32. The van der Waals surface area contributed by atoms with E-state index in [4.69, 9.17) is 5.73 Å². The van der Waals surface area contributed by atoms with E-state index in [0.717, 1.165) is 24.2 Å².